The number of imide groups is 1. The number of methoxy groups -OCH3 is 2. The highest BCUT2D eigenvalue weighted by Crippen LogP contribution is 2.22. The number of nitrogens with one attached hydrogen (secondary N) is 1. The maximum absolute atomic E-state index is 12.3. The SMILES string of the molecule is COC(CNC1CC(=O)N(c2ccccc2)C1=O)OC. The average molecular weight is 278 g/mol. The van der Waals surface area contributed by atoms with E-state index in [1.54, 1.807) is 24.3 Å². The minimum absolute atomic E-state index is 0.147. The molecule has 6 heteroatoms. The van der Waals surface area contributed by atoms with E-state index in [2.05, 4.69) is 5.32 Å². The van der Waals surface area contributed by atoms with E-state index < -0.39 is 12.3 Å². The Labute approximate surface area is 117 Å². The molecule has 20 heavy (non-hydrogen) atoms. The number of hydrogen-bond donors (Lipinski definition) is 1. The number of nitrogens with zero attached hydrogens (tertiary/aromatic N) is 1. The van der Waals surface area contributed by atoms with Crippen LogP contribution in [-0.2, 0) is 19.1 Å². The second-order valence-corrected chi connectivity index (χ2v) is 4.47. The fourth-order valence-electron chi connectivity index (χ4n) is 2.14. The molecule has 0 spiro atoms. The second-order valence-electron chi connectivity index (χ2n) is 4.47. The van der Waals surface area contributed by atoms with Crippen LogP contribution in [0.25, 0.3) is 0 Å². The molecule has 1 saturated heterocycles. The molecule has 1 aliphatic rings. The molecular formula is C14H18N2O4. The quantitative estimate of drug-likeness (QED) is 0.607. The van der Waals surface area contributed by atoms with E-state index >= 15 is 0 Å². The monoisotopic (exact) mass is 278 g/mol. The predicted octanol–water partition coefficient (Wildman–Crippen LogP) is 0.527. The van der Waals surface area contributed by atoms with Crippen LogP contribution in [0.15, 0.2) is 30.3 Å². The molecule has 1 atom stereocenters. The molecule has 0 radical (unpaired) electrons. The summed E-state index contributed by atoms with van der Waals surface area (Å²) in [6.45, 7) is 0.347. The van der Waals surface area contributed by atoms with Crippen molar-refractivity contribution in [2.45, 2.75) is 18.8 Å². The number of amides is 2. The molecular weight excluding hydrogens is 260 g/mol. The number of anilines is 1. The van der Waals surface area contributed by atoms with E-state index in [1.165, 1.54) is 19.1 Å². The molecule has 2 amide bonds. The molecule has 1 N–H and O–H groups in total. The molecule has 0 bridgehead atoms. The summed E-state index contributed by atoms with van der Waals surface area (Å²) >= 11 is 0. The Morgan fingerprint density at radius 1 is 1.25 bits per heavy atom. The first-order valence-corrected chi connectivity index (χ1v) is 6.38. The van der Waals surface area contributed by atoms with Gasteiger partial charge in [-0.15, -0.1) is 0 Å². The number of hydrogen-bond acceptors (Lipinski definition) is 5. The number of rotatable bonds is 6. The zero-order chi connectivity index (χ0) is 14.5. The first-order valence-electron chi connectivity index (χ1n) is 6.38. The van der Waals surface area contributed by atoms with Gasteiger partial charge in [-0.05, 0) is 12.1 Å². The van der Waals surface area contributed by atoms with Gasteiger partial charge >= 0.3 is 0 Å². The fourth-order valence-corrected chi connectivity index (χ4v) is 2.14. The molecule has 6 nitrogen and oxygen atoms in total. The van der Waals surface area contributed by atoms with E-state index in [4.69, 9.17) is 9.47 Å². The predicted molar refractivity (Wildman–Crippen MR) is 73.1 cm³/mol. The standard InChI is InChI=1S/C14H18N2O4/c1-19-13(20-2)9-15-11-8-12(17)16(14(11)18)10-6-4-3-5-7-10/h3-7,11,13,15H,8-9H2,1-2H3. The molecule has 0 saturated carbocycles. The van der Waals surface area contributed by atoms with Gasteiger partial charge in [0.25, 0.3) is 5.91 Å². The Kier molecular flexibility index (Phi) is 4.84. The van der Waals surface area contributed by atoms with Crippen molar-refractivity contribution >= 4 is 17.5 Å². The summed E-state index contributed by atoms with van der Waals surface area (Å²) in [5, 5.41) is 3.00. The van der Waals surface area contributed by atoms with Crippen LogP contribution in [0.3, 0.4) is 0 Å². The number of benzene rings is 1. The summed E-state index contributed by atoms with van der Waals surface area (Å²) in [6, 6.07) is 8.38. The lowest BCUT2D eigenvalue weighted by Gasteiger charge is -2.18. The molecule has 0 aliphatic carbocycles. The molecule has 1 unspecified atom stereocenters. The number of carbonyl (C=O) groups excluding carboxylic acids is 2. The Bertz CT molecular complexity index is 473. The summed E-state index contributed by atoms with van der Waals surface area (Å²) in [5.74, 6) is -0.447. The van der Waals surface area contributed by atoms with Gasteiger partial charge in [0, 0.05) is 20.8 Å². The van der Waals surface area contributed by atoms with Crippen LogP contribution < -0.4 is 10.2 Å². The van der Waals surface area contributed by atoms with Gasteiger partial charge in [0.15, 0.2) is 6.29 Å². The number of carbonyl (C=O) groups is 2. The van der Waals surface area contributed by atoms with E-state index in [9.17, 15) is 9.59 Å². The van der Waals surface area contributed by atoms with Gasteiger partial charge in [-0.3, -0.25) is 9.59 Å². The Morgan fingerprint density at radius 2 is 1.90 bits per heavy atom. The maximum Gasteiger partial charge on any atom is 0.251 e. The van der Waals surface area contributed by atoms with E-state index in [0.29, 0.717) is 12.2 Å². The van der Waals surface area contributed by atoms with Crippen molar-refractivity contribution in [3.05, 3.63) is 30.3 Å². The highest BCUT2D eigenvalue weighted by molar-refractivity contribution is 6.22. The van der Waals surface area contributed by atoms with Crippen LogP contribution >= 0.6 is 0 Å². The highest BCUT2D eigenvalue weighted by Gasteiger charge is 2.39. The van der Waals surface area contributed by atoms with E-state index in [0.717, 1.165) is 0 Å². The summed E-state index contributed by atoms with van der Waals surface area (Å²) in [5.41, 5.74) is 0.599. The Balaban J connectivity index is 2.02. The molecule has 1 aromatic rings. The minimum Gasteiger partial charge on any atom is -0.355 e. The fraction of sp³-hybridized carbons (Fsp3) is 0.429. The van der Waals surface area contributed by atoms with Gasteiger partial charge in [0.05, 0.1) is 18.2 Å². The molecule has 2 rings (SSSR count). The maximum atomic E-state index is 12.3. The molecule has 108 valence electrons. The summed E-state index contributed by atoms with van der Waals surface area (Å²) in [6.07, 6.45) is -0.294. The zero-order valence-corrected chi connectivity index (χ0v) is 11.5. The lowest BCUT2D eigenvalue weighted by atomic mass is 10.2. The molecule has 1 heterocycles. The third-order valence-corrected chi connectivity index (χ3v) is 3.22. The highest BCUT2D eigenvalue weighted by atomic mass is 16.7. The van der Waals surface area contributed by atoms with Gasteiger partial charge in [-0.2, -0.15) is 0 Å². The van der Waals surface area contributed by atoms with Crippen molar-refractivity contribution in [3.63, 3.8) is 0 Å². The van der Waals surface area contributed by atoms with Crippen LogP contribution in [0.4, 0.5) is 5.69 Å². The lowest BCUT2D eigenvalue weighted by molar-refractivity contribution is -0.122. The Hall–Kier alpha value is -1.76. The summed E-state index contributed by atoms with van der Waals surface area (Å²) in [4.78, 5) is 25.5. The number of para-hydroxylation sites is 1. The largest absolute Gasteiger partial charge is 0.355 e. The van der Waals surface area contributed by atoms with Gasteiger partial charge < -0.3 is 14.8 Å². The van der Waals surface area contributed by atoms with Gasteiger partial charge in [-0.1, -0.05) is 18.2 Å². The van der Waals surface area contributed by atoms with Gasteiger partial charge in [-0.25, -0.2) is 4.90 Å². The minimum atomic E-state index is -0.532. The third kappa shape index (κ3) is 3.04. The van der Waals surface area contributed by atoms with Gasteiger partial charge in [0.2, 0.25) is 5.91 Å². The molecule has 1 aliphatic heterocycles. The normalized spacial score (nSPS) is 19.1. The van der Waals surface area contributed by atoms with Gasteiger partial charge in [0.1, 0.15) is 0 Å². The van der Waals surface area contributed by atoms with Crippen LogP contribution in [0.1, 0.15) is 6.42 Å². The van der Waals surface area contributed by atoms with Crippen LogP contribution in [-0.4, -0.2) is 44.9 Å². The smallest absolute Gasteiger partial charge is 0.251 e. The Morgan fingerprint density at radius 3 is 2.50 bits per heavy atom. The molecule has 1 fully saturated rings. The van der Waals surface area contributed by atoms with Crippen molar-refractivity contribution in [1.29, 1.82) is 0 Å². The van der Waals surface area contributed by atoms with E-state index in [1.807, 2.05) is 6.07 Å². The van der Waals surface area contributed by atoms with E-state index in [-0.39, 0.29) is 18.2 Å². The molecule has 1 aromatic carbocycles. The zero-order valence-electron chi connectivity index (χ0n) is 11.5. The van der Waals surface area contributed by atoms with Crippen LogP contribution in [0, 0.1) is 0 Å². The van der Waals surface area contributed by atoms with Crippen molar-refractivity contribution < 1.29 is 19.1 Å². The van der Waals surface area contributed by atoms with Crippen LogP contribution in [0.5, 0.6) is 0 Å². The van der Waals surface area contributed by atoms with Crippen molar-refractivity contribution in [3.8, 4) is 0 Å². The van der Waals surface area contributed by atoms with Crippen LogP contribution in [0.2, 0.25) is 0 Å². The lowest BCUT2D eigenvalue weighted by Crippen LogP contribution is -2.42. The topological polar surface area (TPSA) is 67.9 Å². The summed E-state index contributed by atoms with van der Waals surface area (Å²) < 4.78 is 10.1. The third-order valence-electron chi connectivity index (χ3n) is 3.22. The van der Waals surface area contributed by atoms with Crippen molar-refractivity contribution in [1.82, 2.24) is 5.32 Å². The summed E-state index contributed by atoms with van der Waals surface area (Å²) in [7, 11) is 3.04. The second kappa shape index (κ2) is 6.60. The first-order chi connectivity index (χ1) is 9.67. The van der Waals surface area contributed by atoms with Crippen molar-refractivity contribution in [2.24, 2.45) is 0 Å². The first kappa shape index (κ1) is 14.6. The molecule has 0 aromatic heterocycles. The van der Waals surface area contributed by atoms with Crippen molar-refractivity contribution in [2.75, 3.05) is 25.7 Å². The number of ether oxygens (including phenoxy) is 2. The average Bonchev–Trinajstić information content (AvgIpc) is 2.75.